The van der Waals surface area contributed by atoms with Gasteiger partial charge in [0.05, 0.1) is 11.1 Å². The molecular weight excluding hydrogens is 336 g/mol. The number of fused-ring (bicyclic) bond motifs is 1. The lowest BCUT2D eigenvalue weighted by Gasteiger charge is -2.17. The van der Waals surface area contributed by atoms with Crippen molar-refractivity contribution in [3.05, 3.63) is 42.6 Å². The summed E-state index contributed by atoms with van der Waals surface area (Å²) < 4.78 is 25.1. The van der Waals surface area contributed by atoms with E-state index in [1.807, 2.05) is 4.68 Å². The van der Waals surface area contributed by atoms with Crippen molar-refractivity contribution in [2.75, 3.05) is 6.26 Å². The standard InChI is InChI=1S/C18H20N4O2S/c1-25(23,24)15-9-7-14(8-10-15)17-20-16-11-19-22(18(16)21-17)12-13-5-3-2-4-6-13/h2-3,7-11,13H,4-6,12H2,1H3,(H,20,21). The maximum atomic E-state index is 11.6. The van der Waals surface area contributed by atoms with Gasteiger partial charge in [0.15, 0.2) is 15.5 Å². The van der Waals surface area contributed by atoms with Gasteiger partial charge in [-0.25, -0.2) is 18.1 Å². The van der Waals surface area contributed by atoms with Gasteiger partial charge in [-0.3, -0.25) is 0 Å². The van der Waals surface area contributed by atoms with Crippen LogP contribution in [-0.4, -0.2) is 34.4 Å². The largest absolute Gasteiger partial charge is 0.335 e. The summed E-state index contributed by atoms with van der Waals surface area (Å²) in [5, 5.41) is 4.45. The first-order valence-corrected chi connectivity index (χ1v) is 10.3. The van der Waals surface area contributed by atoms with Gasteiger partial charge in [0.2, 0.25) is 0 Å². The second kappa shape index (κ2) is 6.15. The number of hydrogen-bond donors (Lipinski definition) is 1. The van der Waals surface area contributed by atoms with Gasteiger partial charge in [-0.2, -0.15) is 5.10 Å². The van der Waals surface area contributed by atoms with Gasteiger partial charge in [-0.15, -0.1) is 0 Å². The van der Waals surface area contributed by atoms with Crippen LogP contribution in [-0.2, 0) is 16.4 Å². The van der Waals surface area contributed by atoms with Crippen LogP contribution in [0.4, 0.5) is 0 Å². The predicted molar refractivity (Wildman–Crippen MR) is 96.9 cm³/mol. The van der Waals surface area contributed by atoms with Gasteiger partial charge in [0, 0.05) is 18.4 Å². The van der Waals surface area contributed by atoms with Crippen LogP contribution in [0, 0.1) is 5.92 Å². The van der Waals surface area contributed by atoms with E-state index < -0.39 is 9.84 Å². The fraction of sp³-hybridized carbons (Fsp3) is 0.333. The van der Waals surface area contributed by atoms with E-state index in [-0.39, 0.29) is 0 Å². The summed E-state index contributed by atoms with van der Waals surface area (Å²) in [6.45, 7) is 0.866. The number of imidazole rings is 1. The number of nitrogens with zero attached hydrogens (tertiary/aromatic N) is 3. The Balaban J connectivity index is 1.62. The van der Waals surface area contributed by atoms with Crippen LogP contribution in [0.15, 0.2) is 47.5 Å². The molecule has 0 aliphatic heterocycles. The maximum Gasteiger partial charge on any atom is 0.176 e. The molecule has 4 rings (SSSR count). The van der Waals surface area contributed by atoms with Crippen molar-refractivity contribution in [1.29, 1.82) is 0 Å². The van der Waals surface area contributed by atoms with E-state index >= 15 is 0 Å². The van der Waals surface area contributed by atoms with Crippen LogP contribution < -0.4 is 0 Å². The van der Waals surface area contributed by atoms with Gasteiger partial charge in [-0.1, -0.05) is 12.2 Å². The molecule has 0 fully saturated rings. The quantitative estimate of drug-likeness (QED) is 0.728. The van der Waals surface area contributed by atoms with Gasteiger partial charge in [-0.05, 0) is 49.4 Å². The molecule has 25 heavy (non-hydrogen) atoms. The van der Waals surface area contributed by atoms with Crippen molar-refractivity contribution in [1.82, 2.24) is 19.7 Å². The van der Waals surface area contributed by atoms with E-state index in [4.69, 9.17) is 0 Å². The number of sulfone groups is 1. The predicted octanol–water partition coefficient (Wildman–Crippen LogP) is 3.19. The normalized spacial score (nSPS) is 18.0. The number of H-pyrrole nitrogens is 1. The fourth-order valence-corrected chi connectivity index (χ4v) is 3.87. The molecule has 1 N–H and O–H groups in total. The molecule has 3 aromatic rings. The molecule has 0 radical (unpaired) electrons. The molecular formula is C18H20N4O2S. The molecule has 7 heteroatoms. The molecule has 1 aliphatic carbocycles. The Morgan fingerprint density at radius 3 is 2.72 bits per heavy atom. The second-order valence-electron chi connectivity index (χ2n) is 6.60. The zero-order chi connectivity index (χ0) is 17.4. The van der Waals surface area contributed by atoms with Crippen molar-refractivity contribution < 1.29 is 8.42 Å². The smallest absolute Gasteiger partial charge is 0.176 e. The lowest BCUT2D eigenvalue weighted by Crippen LogP contribution is -2.13. The van der Waals surface area contributed by atoms with Crippen LogP contribution in [0.3, 0.4) is 0 Å². The highest BCUT2D eigenvalue weighted by Crippen LogP contribution is 2.24. The summed E-state index contributed by atoms with van der Waals surface area (Å²) in [6.07, 6.45) is 10.9. The lowest BCUT2D eigenvalue weighted by atomic mass is 9.94. The molecule has 1 unspecified atom stereocenters. The first-order chi connectivity index (χ1) is 12.0. The molecule has 1 atom stereocenters. The van der Waals surface area contributed by atoms with Crippen molar-refractivity contribution in [2.24, 2.45) is 5.92 Å². The number of benzene rings is 1. The lowest BCUT2D eigenvalue weighted by molar-refractivity contribution is 0.395. The second-order valence-corrected chi connectivity index (χ2v) is 8.61. The highest BCUT2D eigenvalue weighted by Gasteiger charge is 2.16. The van der Waals surface area contributed by atoms with E-state index in [0.717, 1.165) is 41.9 Å². The number of hydrogen-bond acceptors (Lipinski definition) is 4. The van der Waals surface area contributed by atoms with Crippen LogP contribution in [0.2, 0.25) is 0 Å². The van der Waals surface area contributed by atoms with E-state index in [1.54, 1.807) is 30.5 Å². The van der Waals surface area contributed by atoms with E-state index in [2.05, 4.69) is 27.2 Å². The molecule has 0 amide bonds. The molecule has 2 aromatic heterocycles. The van der Waals surface area contributed by atoms with Gasteiger partial charge >= 0.3 is 0 Å². The number of rotatable bonds is 4. The van der Waals surface area contributed by atoms with Crippen molar-refractivity contribution >= 4 is 21.0 Å². The van der Waals surface area contributed by atoms with Crippen LogP contribution >= 0.6 is 0 Å². The summed E-state index contributed by atoms with van der Waals surface area (Å²) in [7, 11) is -3.19. The fourth-order valence-electron chi connectivity index (χ4n) is 3.24. The summed E-state index contributed by atoms with van der Waals surface area (Å²) in [6, 6.07) is 6.77. The zero-order valence-corrected chi connectivity index (χ0v) is 14.8. The number of nitrogens with one attached hydrogen (secondary N) is 1. The van der Waals surface area contributed by atoms with Gasteiger partial charge in [0.1, 0.15) is 11.3 Å². The van der Waals surface area contributed by atoms with Crippen molar-refractivity contribution in [3.63, 3.8) is 0 Å². The average molecular weight is 356 g/mol. The number of aromatic nitrogens is 4. The molecule has 1 aromatic carbocycles. The third-order valence-corrected chi connectivity index (χ3v) is 5.78. The molecule has 130 valence electrons. The Bertz CT molecular complexity index is 1030. The zero-order valence-electron chi connectivity index (χ0n) is 14.0. The monoisotopic (exact) mass is 356 g/mol. The Kier molecular flexibility index (Phi) is 3.95. The first kappa shape index (κ1) is 16.1. The SMILES string of the molecule is CS(=O)(=O)c1ccc(-c2nc3c(cnn3CC3CC=CCC3)[nH]2)cc1. The Morgan fingerprint density at radius 2 is 2.04 bits per heavy atom. The van der Waals surface area contributed by atoms with Gasteiger partial charge < -0.3 is 4.98 Å². The third-order valence-electron chi connectivity index (χ3n) is 4.65. The molecule has 1 aliphatic rings. The summed E-state index contributed by atoms with van der Waals surface area (Å²) in [4.78, 5) is 8.26. The molecule has 0 bridgehead atoms. The van der Waals surface area contributed by atoms with Crippen LogP contribution in [0.5, 0.6) is 0 Å². The van der Waals surface area contributed by atoms with Gasteiger partial charge in [0.25, 0.3) is 0 Å². The summed E-state index contributed by atoms with van der Waals surface area (Å²) in [5.41, 5.74) is 2.60. The minimum absolute atomic E-state index is 0.309. The van der Waals surface area contributed by atoms with E-state index in [1.165, 1.54) is 12.7 Å². The minimum atomic E-state index is -3.19. The topological polar surface area (TPSA) is 80.6 Å². The average Bonchev–Trinajstić information content (AvgIpc) is 3.17. The molecule has 0 saturated carbocycles. The third kappa shape index (κ3) is 3.24. The maximum absolute atomic E-state index is 11.6. The number of allylic oxidation sites excluding steroid dienone is 2. The number of aromatic amines is 1. The van der Waals surface area contributed by atoms with E-state index in [9.17, 15) is 8.42 Å². The highest BCUT2D eigenvalue weighted by molar-refractivity contribution is 7.90. The van der Waals surface area contributed by atoms with Crippen molar-refractivity contribution in [3.8, 4) is 11.4 Å². The summed E-state index contributed by atoms with van der Waals surface area (Å²) >= 11 is 0. The highest BCUT2D eigenvalue weighted by atomic mass is 32.2. The minimum Gasteiger partial charge on any atom is -0.335 e. The van der Waals surface area contributed by atoms with E-state index in [0.29, 0.717) is 10.8 Å². The summed E-state index contributed by atoms with van der Waals surface area (Å²) in [5.74, 6) is 1.33. The van der Waals surface area contributed by atoms with Crippen LogP contribution in [0.25, 0.3) is 22.6 Å². The Labute approximate surface area is 146 Å². The molecule has 6 nitrogen and oxygen atoms in total. The Morgan fingerprint density at radius 1 is 1.24 bits per heavy atom. The van der Waals surface area contributed by atoms with Crippen molar-refractivity contribution in [2.45, 2.75) is 30.7 Å². The van der Waals surface area contributed by atoms with Crippen LogP contribution in [0.1, 0.15) is 19.3 Å². The molecule has 0 spiro atoms. The first-order valence-electron chi connectivity index (χ1n) is 8.38. The molecule has 2 heterocycles. The Hall–Kier alpha value is -2.41. The molecule has 0 saturated heterocycles.